The van der Waals surface area contributed by atoms with Crippen molar-refractivity contribution in [2.45, 2.75) is 12.8 Å². The lowest BCUT2D eigenvalue weighted by molar-refractivity contribution is -0.124. The number of fused-ring (bicyclic) bond motifs is 1. The van der Waals surface area contributed by atoms with Gasteiger partial charge in [-0.15, -0.1) is 0 Å². The van der Waals surface area contributed by atoms with Crippen molar-refractivity contribution in [3.05, 3.63) is 53.1 Å². The van der Waals surface area contributed by atoms with E-state index < -0.39 is 0 Å². The third-order valence-corrected chi connectivity index (χ3v) is 4.88. The van der Waals surface area contributed by atoms with Crippen LogP contribution < -0.4 is 15.5 Å². The second-order valence-electron chi connectivity index (χ2n) is 5.75. The van der Waals surface area contributed by atoms with Crippen LogP contribution >= 0.6 is 22.9 Å². The van der Waals surface area contributed by atoms with Crippen molar-refractivity contribution in [3.63, 3.8) is 0 Å². The topological polar surface area (TPSA) is 92.7 Å². The van der Waals surface area contributed by atoms with Gasteiger partial charge in [-0.2, -0.15) is 5.10 Å². The molecule has 2 aromatic carbocycles. The Bertz CT molecular complexity index is 1020. The molecule has 2 amide bonds. The number of carbonyl (C=O) groups is 2. The molecule has 0 aliphatic heterocycles. The standard InChI is InChI=1S/C19H17ClN4O3S/c1-27-14-6-7-15-16(10-14)28-19(22-15)23-17(25)8-9-18(26)24-21-11-12-2-4-13(20)5-3-12/h2-7,10-11H,8-9H2,1H3,(H,24,26)(H,22,23,25)/b21-11-. The molecule has 0 saturated carbocycles. The fourth-order valence-electron chi connectivity index (χ4n) is 2.28. The molecule has 0 unspecified atom stereocenters. The average Bonchev–Trinajstić information content (AvgIpc) is 3.09. The molecule has 0 saturated heterocycles. The first-order valence-electron chi connectivity index (χ1n) is 8.35. The lowest BCUT2D eigenvalue weighted by Gasteiger charge is -2.01. The first-order valence-corrected chi connectivity index (χ1v) is 9.55. The lowest BCUT2D eigenvalue weighted by atomic mass is 10.2. The summed E-state index contributed by atoms with van der Waals surface area (Å²) in [5, 5.41) is 7.67. The molecule has 0 radical (unpaired) electrons. The van der Waals surface area contributed by atoms with Gasteiger partial charge in [0.25, 0.3) is 0 Å². The Hall–Kier alpha value is -2.97. The molecule has 0 aliphatic carbocycles. The Morgan fingerprint density at radius 1 is 1.18 bits per heavy atom. The van der Waals surface area contributed by atoms with Gasteiger partial charge in [0.05, 0.1) is 23.5 Å². The quantitative estimate of drug-likeness (QED) is 0.452. The van der Waals surface area contributed by atoms with Crippen LogP contribution in [0.5, 0.6) is 5.75 Å². The molecule has 28 heavy (non-hydrogen) atoms. The summed E-state index contributed by atoms with van der Waals surface area (Å²) in [5.41, 5.74) is 3.96. The number of aromatic nitrogens is 1. The predicted molar refractivity (Wildman–Crippen MR) is 111 cm³/mol. The van der Waals surface area contributed by atoms with E-state index in [1.165, 1.54) is 17.6 Å². The van der Waals surface area contributed by atoms with Gasteiger partial charge in [0, 0.05) is 17.9 Å². The molecule has 1 aromatic heterocycles. The molecule has 0 fully saturated rings. The van der Waals surface area contributed by atoms with Gasteiger partial charge in [-0.05, 0) is 35.9 Å². The van der Waals surface area contributed by atoms with Crippen molar-refractivity contribution < 1.29 is 14.3 Å². The molecule has 0 aliphatic rings. The van der Waals surface area contributed by atoms with Crippen LogP contribution in [0.3, 0.4) is 0 Å². The van der Waals surface area contributed by atoms with Gasteiger partial charge in [0.2, 0.25) is 11.8 Å². The van der Waals surface area contributed by atoms with Crippen molar-refractivity contribution in [2.75, 3.05) is 12.4 Å². The van der Waals surface area contributed by atoms with E-state index >= 15 is 0 Å². The summed E-state index contributed by atoms with van der Waals surface area (Å²) in [6, 6.07) is 12.5. The number of rotatable bonds is 7. The predicted octanol–water partition coefficient (Wildman–Crippen LogP) is 3.83. The van der Waals surface area contributed by atoms with Crippen molar-refractivity contribution in [3.8, 4) is 5.75 Å². The molecule has 2 N–H and O–H groups in total. The molecule has 7 nitrogen and oxygen atoms in total. The maximum absolute atomic E-state index is 12.0. The van der Waals surface area contributed by atoms with Crippen LogP contribution in [-0.2, 0) is 9.59 Å². The number of hydrazone groups is 1. The van der Waals surface area contributed by atoms with Gasteiger partial charge in [-0.3, -0.25) is 9.59 Å². The molecule has 0 spiro atoms. The number of nitrogens with zero attached hydrogens (tertiary/aromatic N) is 2. The Balaban J connectivity index is 1.45. The summed E-state index contributed by atoms with van der Waals surface area (Å²) in [4.78, 5) is 28.2. The van der Waals surface area contributed by atoms with Crippen LogP contribution in [0.1, 0.15) is 18.4 Å². The van der Waals surface area contributed by atoms with Gasteiger partial charge in [0.15, 0.2) is 5.13 Å². The van der Waals surface area contributed by atoms with Gasteiger partial charge in [-0.1, -0.05) is 35.1 Å². The zero-order valence-electron chi connectivity index (χ0n) is 14.9. The number of nitrogens with one attached hydrogen (secondary N) is 2. The highest BCUT2D eigenvalue weighted by Crippen LogP contribution is 2.29. The number of anilines is 1. The van der Waals surface area contributed by atoms with Crippen LogP contribution in [-0.4, -0.2) is 30.1 Å². The summed E-state index contributed by atoms with van der Waals surface area (Å²) in [6.07, 6.45) is 1.55. The molecule has 3 rings (SSSR count). The second-order valence-corrected chi connectivity index (χ2v) is 7.21. The number of ether oxygens (including phenoxy) is 1. The minimum atomic E-state index is -0.352. The van der Waals surface area contributed by atoms with E-state index in [4.69, 9.17) is 16.3 Å². The van der Waals surface area contributed by atoms with Crippen LogP contribution in [0.4, 0.5) is 5.13 Å². The monoisotopic (exact) mass is 416 g/mol. The summed E-state index contributed by atoms with van der Waals surface area (Å²) < 4.78 is 6.08. The molecular weight excluding hydrogens is 400 g/mol. The highest BCUT2D eigenvalue weighted by atomic mass is 35.5. The number of amides is 2. The fourth-order valence-corrected chi connectivity index (χ4v) is 3.31. The maximum Gasteiger partial charge on any atom is 0.240 e. The Morgan fingerprint density at radius 3 is 2.68 bits per heavy atom. The van der Waals surface area contributed by atoms with Crippen molar-refractivity contribution >= 4 is 56.3 Å². The number of thiazole rings is 1. The molecule has 0 bridgehead atoms. The minimum Gasteiger partial charge on any atom is -0.497 e. The van der Waals surface area contributed by atoms with Crippen molar-refractivity contribution in [1.29, 1.82) is 0 Å². The highest BCUT2D eigenvalue weighted by Gasteiger charge is 2.10. The van der Waals surface area contributed by atoms with Gasteiger partial charge in [0.1, 0.15) is 5.75 Å². The van der Waals surface area contributed by atoms with Crippen molar-refractivity contribution in [2.24, 2.45) is 5.10 Å². The lowest BCUT2D eigenvalue weighted by Crippen LogP contribution is -2.20. The number of hydrogen-bond acceptors (Lipinski definition) is 6. The van der Waals surface area contributed by atoms with E-state index in [9.17, 15) is 9.59 Å². The number of carbonyl (C=O) groups excluding carboxylic acids is 2. The number of benzene rings is 2. The first-order chi connectivity index (χ1) is 13.5. The maximum atomic E-state index is 12.0. The van der Waals surface area contributed by atoms with E-state index in [1.54, 1.807) is 31.4 Å². The third kappa shape index (κ3) is 5.51. The summed E-state index contributed by atoms with van der Waals surface area (Å²) in [5.74, 6) is 0.0853. The molecule has 1 heterocycles. The zero-order chi connectivity index (χ0) is 19.9. The number of halogens is 1. The van der Waals surface area contributed by atoms with E-state index in [-0.39, 0.29) is 24.7 Å². The normalized spacial score (nSPS) is 10.9. The molecule has 9 heteroatoms. The van der Waals surface area contributed by atoms with Crippen LogP contribution in [0.2, 0.25) is 5.02 Å². The fraction of sp³-hybridized carbons (Fsp3) is 0.158. The molecule has 144 valence electrons. The van der Waals surface area contributed by atoms with Crippen LogP contribution in [0, 0.1) is 0 Å². The molecule has 0 atom stereocenters. The Kier molecular flexibility index (Phi) is 6.57. The summed E-state index contributed by atoms with van der Waals surface area (Å²) in [6.45, 7) is 0. The third-order valence-electron chi connectivity index (χ3n) is 3.69. The van der Waals surface area contributed by atoms with Gasteiger partial charge < -0.3 is 10.1 Å². The van der Waals surface area contributed by atoms with Gasteiger partial charge in [-0.25, -0.2) is 10.4 Å². The second kappa shape index (κ2) is 9.29. The SMILES string of the molecule is COc1ccc2nc(NC(=O)CCC(=O)N/N=C\c3ccc(Cl)cc3)sc2c1. The highest BCUT2D eigenvalue weighted by molar-refractivity contribution is 7.22. The van der Waals surface area contributed by atoms with E-state index in [0.717, 1.165) is 21.5 Å². The molecular formula is C19H17ClN4O3S. The number of methoxy groups -OCH3 is 1. The molecule has 3 aromatic rings. The van der Waals surface area contributed by atoms with Gasteiger partial charge >= 0.3 is 0 Å². The summed E-state index contributed by atoms with van der Waals surface area (Å²) in [7, 11) is 1.59. The Labute approximate surface area is 170 Å². The summed E-state index contributed by atoms with van der Waals surface area (Å²) >= 11 is 7.15. The average molecular weight is 417 g/mol. The van der Waals surface area contributed by atoms with E-state index in [1.807, 2.05) is 18.2 Å². The Morgan fingerprint density at radius 2 is 1.93 bits per heavy atom. The van der Waals surface area contributed by atoms with Crippen LogP contribution in [0.25, 0.3) is 10.2 Å². The number of hydrogen-bond donors (Lipinski definition) is 2. The largest absolute Gasteiger partial charge is 0.497 e. The smallest absolute Gasteiger partial charge is 0.240 e. The van der Waals surface area contributed by atoms with Crippen LogP contribution in [0.15, 0.2) is 47.6 Å². The van der Waals surface area contributed by atoms with E-state index in [0.29, 0.717) is 10.2 Å². The van der Waals surface area contributed by atoms with E-state index in [2.05, 4.69) is 20.8 Å². The van der Waals surface area contributed by atoms with Crippen molar-refractivity contribution in [1.82, 2.24) is 10.4 Å². The zero-order valence-corrected chi connectivity index (χ0v) is 16.5. The minimum absolute atomic E-state index is 0.0164. The first kappa shape index (κ1) is 19.8.